The van der Waals surface area contributed by atoms with Crippen molar-refractivity contribution in [3.63, 3.8) is 0 Å². The lowest BCUT2D eigenvalue weighted by molar-refractivity contribution is -0.118. The van der Waals surface area contributed by atoms with Crippen molar-refractivity contribution in [2.75, 3.05) is 33.0 Å². The summed E-state index contributed by atoms with van der Waals surface area (Å²) in [4.78, 5) is 16.9. The molecule has 29 heavy (non-hydrogen) atoms. The number of rotatable bonds is 5. The zero-order valence-corrected chi connectivity index (χ0v) is 16.7. The summed E-state index contributed by atoms with van der Waals surface area (Å²) in [5.74, 6) is 1.38. The van der Waals surface area contributed by atoms with Crippen molar-refractivity contribution in [3.05, 3.63) is 35.5 Å². The van der Waals surface area contributed by atoms with Crippen molar-refractivity contribution >= 4 is 5.91 Å². The molecule has 0 unspecified atom stereocenters. The van der Waals surface area contributed by atoms with Crippen LogP contribution in [0.3, 0.4) is 0 Å². The number of nitrogens with one attached hydrogen (secondary N) is 1. The zero-order chi connectivity index (χ0) is 20.1. The lowest BCUT2D eigenvalue weighted by Gasteiger charge is -2.34. The van der Waals surface area contributed by atoms with Crippen LogP contribution in [0.2, 0.25) is 0 Å². The lowest BCUT2D eigenvalue weighted by Crippen LogP contribution is -2.44. The first-order chi connectivity index (χ1) is 14.2. The van der Waals surface area contributed by atoms with Gasteiger partial charge in [-0.3, -0.25) is 9.69 Å². The maximum absolute atomic E-state index is 12.5. The molecule has 0 aromatic heterocycles. The van der Waals surface area contributed by atoms with Gasteiger partial charge in [0.1, 0.15) is 11.6 Å². The van der Waals surface area contributed by atoms with E-state index in [4.69, 9.17) is 9.47 Å². The second-order valence-corrected chi connectivity index (χ2v) is 7.96. The molecule has 2 fully saturated rings. The monoisotopic (exact) mass is 396 g/mol. The van der Waals surface area contributed by atoms with Crippen LogP contribution in [-0.2, 0) is 11.3 Å². The van der Waals surface area contributed by atoms with E-state index in [0.29, 0.717) is 6.79 Å². The predicted octanol–water partition coefficient (Wildman–Crippen LogP) is 2.39. The number of hydrogen-bond donors (Lipinski definition) is 1. The van der Waals surface area contributed by atoms with Crippen LogP contribution in [0.15, 0.2) is 30.0 Å². The van der Waals surface area contributed by atoms with E-state index in [2.05, 4.69) is 27.3 Å². The summed E-state index contributed by atoms with van der Waals surface area (Å²) >= 11 is 0. The van der Waals surface area contributed by atoms with Gasteiger partial charge < -0.3 is 19.7 Å². The van der Waals surface area contributed by atoms with Gasteiger partial charge in [-0.1, -0.05) is 25.3 Å². The van der Waals surface area contributed by atoms with Gasteiger partial charge in [0, 0.05) is 45.0 Å². The summed E-state index contributed by atoms with van der Waals surface area (Å²) in [5, 5.41) is 12.5. The van der Waals surface area contributed by atoms with E-state index in [9.17, 15) is 10.1 Å². The van der Waals surface area contributed by atoms with Gasteiger partial charge in [-0.25, -0.2) is 0 Å². The van der Waals surface area contributed by atoms with Crippen molar-refractivity contribution in [2.45, 2.75) is 44.7 Å². The lowest BCUT2D eigenvalue weighted by atomic mass is 9.95. The van der Waals surface area contributed by atoms with E-state index in [1.807, 2.05) is 12.1 Å². The molecule has 0 radical (unpaired) electrons. The van der Waals surface area contributed by atoms with E-state index < -0.39 is 0 Å². The topological polar surface area (TPSA) is 77.8 Å². The number of fused-ring (bicyclic) bond motifs is 1. The molecule has 2 aliphatic heterocycles. The maximum Gasteiger partial charge on any atom is 0.263 e. The smallest absolute Gasteiger partial charge is 0.263 e. The van der Waals surface area contributed by atoms with Gasteiger partial charge in [-0.2, -0.15) is 5.26 Å². The quantitative estimate of drug-likeness (QED) is 0.608. The first-order valence-corrected chi connectivity index (χ1v) is 10.5. The summed E-state index contributed by atoms with van der Waals surface area (Å²) in [5.41, 5.74) is 1.41. The molecule has 1 aromatic carbocycles. The zero-order valence-electron chi connectivity index (χ0n) is 16.7. The van der Waals surface area contributed by atoms with Gasteiger partial charge in [-0.05, 0) is 30.5 Å². The average Bonchev–Trinajstić information content (AvgIpc) is 3.22. The highest BCUT2D eigenvalue weighted by Gasteiger charge is 2.21. The number of nitrogens with zero attached hydrogens (tertiary/aromatic N) is 3. The minimum Gasteiger partial charge on any atom is -0.454 e. The highest BCUT2D eigenvalue weighted by molar-refractivity contribution is 5.97. The van der Waals surface area contributed by atoms with Gasteiger partial charge in [-0.15, -0.1) is 0 Å². The Morgan fingerprint density at radius 3 is 2.66 bits per heavy atom. The van der Waals surface area contributed by atoms with E-state index in [0.717, 1.165) is 69.9 Å². The molecule has 1 amide bonds. The number of carbonyl (C=O) groups is 1. The Morgan fingerprint density at radius 1 is 1.14 bits per heavy atom. The number of nitriles is 1. The molecule has 0 bridgehead atoms. The third-order valence-corrected chi connectivity index (χ3v) is 5.87. The molecular weight excluding hydrogens is 368 g/mol. The highest BCUT2D eigenvalue weighted by atomic mass is 16.7. The first-order valence-electron chi connectivity index (χ1n) is 10.5. The van der Waals surface area contributed by atoms with E-state index in [-0.39, 0.29) is 17.5 Å². The maximum atomic E-state index is 12.5. The molecule has 2 heterocycles. The van der Waals surface area contributed by atoms with Crippen LogP contribution in [-0.4, -0.2) is 54.7 Å². The molecule has 1 N–H and O–H groups in total. The molecule has 1 aromatic rings. The minimum atomic E-state index is -0.234. The largest absolute Gasteiger partial charge is 0.454 e. The van der Waals surface area contributed by atoms with Gasteiger partial charge in [0.05, 0.1) is 0 Å². The summed E-state index contributed by atoms with van der Waals surface area (Å²) < 4.78 is 10.8. The Morgan fingerprint density at radius 2 is 1.90 bits per heavy atom. The van der Waals surface area contributed by atoms with Gasteiger partial charge >= 0.3 is 0 Å². The van der Waals surface area contributed by atoms with Gasteiger partial charge in [0.2, 0.25) is 6.79 Å². The fourth-order valence-electron chi connectivity index (χ4n) is 4.18. The SMILES string of the molecule is N#C/C(=C\N1CCN(Cc2ccc3c(c2)OCO3)CC1)C(=O)NC1CCCCC1. The molecule has 1 aliphatic carbocycles. The minimum absolute atomic E-state index is 0.208. The number of piperazine rings is 1. The summed E-state index contributed by atoms with van der Waals surface area (Å²) in [6, 6.07) is 8.37. The van der Waals surface area contributed by atoms with Crippen molar-refractivity contribution in [1.29, 1.82) is 5.26 Å². The fourth-order valence-corrected chi connectivity index (χ4v) is 4.18. The summed E-state index contributed by atoms with van der Waals surface area (Å²) in [6.45, 7) is 4.50. The number of benzene rings is 1. The van der Waals surface area contributed by atoms with Crippen molar-refractivity contribution in [1.82, 2.24) is 15.1 Å². The van der Waals surface area contributed by atoms with E-state index >= 15 is 0 Å². The normalized spacial score (nSPS) is 20.4. The van der Waals surface area contributed by atoms with E-state index in [1.165, 1.54) is 12.0 Å². The van der Waals surface area contributed by atoms with Crippen molar-refractivity contribution < 1.29 is 14.3 Å². The molecule has 154 valence electrons. The van der Waals surface area contributed by atoms with Gasteiger partial charge in [0.15, 0.2) is 11.5 Å². The molecule has 1 saturated heterocycles. The second-order valence-electron chi connectivity index (χ2n) is 7.96. The standard InChI is InChI=1S/C22H28N4O3/c23-13-18(22(27)24-19-4-2-1-3-5-19)15-26-10-8-25(9-11-26)14-17-6-7-20-21(12-17)29-16-28-20/h6-7,12,15,19H,1-5,8-11,14,16H2,(H,24,27)/b18-15+. The Labute approximate surface area is 171 Å². The number of amides is 1. The average molecular weight is 396 g/mol. The van der Waals surface area contributed by atoms with Crippen LogP contribution >= 0.6 is 0 Å². The van der Waals surface area contributed by atoms with E-state index in [1.54, 1.807) is 6.20 Å². The Hall–Kier alpha value is -2.72. The summed E-state index contributed by atoms with van der Waals surface area (Å²) in [7, 11) is 0. The molecule has 7 heteroatoms. The molecule has 0 atom stereocenters. The third kappa shape index (κ3) is 5.01. The van der Waals surface area contributed by atoms with Crippen LogP contribution in [0.1, 0.15) is 37.7 Å². The van der Waals surface area contributed by atoms with Crippen LogP contribution in [0, 0.1) is 11.3 Å². The first kappa shape index (κ1) is 19.6. The second kappa shape index (κ2) is 9.19. The Balaban J connectivity index is 1.27. The Kier molecular flexibility index (Phi) is 6.20. The molecule has 7 nitrogen and oxygen atoms in total. The number of hydrogen-bond acceptors (Lipinski definition) is 6. The molecule has 1 saturated carbocycles. The highest BCUT2D eigenvalue weighted by Crippen LogP contribution is 2.32. The molecular formula is C22H28N4O3. The van der Waals surface area contributed by atoms with Crippen LogP contribution < -0.4 is 14.8 Å². The fraction of sp³-hybridized carbons (Fsp3) is 0.545. The van der Waals surface area contributed by atoms with Crippen molar-refractivity contribution in [2.24, 2.45) is 0 Å². The van der Waals surface area contributed by atoms with Crippen LogP contribution in [0.25, 0.3) is 0 Å². The summed E-state index contributed by atoms with van der Waals surface area (Å²) in [6.07, 6.45) is 7.32. The van der Waals surface area contributed by atoms with Gasteiger partial charge in [0.25, 0.3) is 5.91 Å². The van der Waals surface area contributed by atoms with Crippen molar-refractivity contribution in [3.8, 4) is 17.6 Å². The molecule has 4 rings (SSSR count). The van der Waals surface area contributed by atoms with Crippen LogP contribution in [0.4, 0.5) is 0 Å². The van der Waals surface area contributed by atoms with Crippen LogP contribution in [0.5, 0.6) is 11.5 Å². The molecule has 0 spiro atoms. The third-order valence-electron chi connectivity index (χ3n) is 5.87. The predicted molar refractivity (Wildman–Crippen MR) is 108 cm³/mol. The number of carbonyl (C=O) groups excluding carboxylic acids is 1. The Bertz CT molecular complexity index is 803. The molecule has 3 aliphatic rings. The number of ether oxygens (including phenoxy) is 2.